The molecule has 0 aliphatic heterocycles. The highest BCUT2D eigenvalue weighted by Gasteiger charge is 2.39. The third kappa shape index (κ3) is 2.70. The molecule has 0 amide bonds. The number of hydrogen-bond donors (Lipinski definition) is 2. The second-order valence-electron chi connectivity index (χ2n) is 5.71. The van der Waals surface area contributed by atoms with Crippen molar-refractivity contribution < 1.29 is 5.21 Å². The van der Waals surface area contributed by atoms with Gasteiger partial charge in [-0.05, 0) is 45.5 Å². The number of likely N-dealkylation sites (N-methyl/N-ethyl adjacent to an activating group) is 2. The van der Waals surface area contributed by atoms with Crippen molar-refractivity contribution in [1.82, 2.24) is 9.88 Å². The number of anilines is 1. The van der Waals surface area contributed by atoms with E-state index >= 15 is 0 Å². The van der Waals surface area contributed by atoms with Crippen LogP contribution in [0.2, 0.25) is 0 Å². The molecular weight excluding hydrogens is 254 g/mol. The van der Waals surface area contributed by atoms with Crippen molar-refractivity contribution in [3.05, 3.63) is 24.0 Å². The highest BCUT2D eigenvalue weighted by Crippen LogP contribution is 2.37. The maximum absolute atomic E-state index is 8.73. The Bertz CT molecular complexity index is 496. The summed E-state index contributed by atoms with van der Waals surface area (Å²) in [6.07, 6.45) is 5.42. The molecule has 1 aromatic rings. The van der Waals surface area contributed by atoms with Crippen LogP contribution in [0.5, 0.6) is 0 Å². The van der Waals surface area contributed by atoms with E-state index in [4.69, 9.17) is 10.9 Å². The number of nitrogens with two attached hydrogens (primary N) is 1. The summed E-state index contributed by atoms with van der Waals surface area (Å²) in [7, 11) is 6.34. The molecule has 0 bridgehead atoms. The van der Waals surface area contributed by atoms with Gasteiger partial charge in [0.15, 0.2) is 5.84 Å². The largest absolute Gasteiger partial charge is 0.409 e. The highest BCUT2D eigenvalue weighted by atomic mass is 16.4. The average molecular weight is 277 g/mol. The molecule has 1 aliphatic rings. The molecule has 1 aliphatic carbocycles. The lowest BCUT2D eigenvalue weighted by atomic mass is 9.75. The normalized spacial score (nSPS) is 17.9. The number of pyridine rings is 1. The summed E-state index contributed by atoms with van der Waals surface area (Å²) in [5, 5.41) is 11.7. The predicted molar refractivity (Wildman–Crippen MR) is 80.3 cm³/mol. The first-order valence-corrected chi connectivity index (χ1v) is 6.81. The molecule has 0 atom stereocenters. The summed E-state index contributed by atoms with van der Waals surface area (Å²) < 4.78 is 0. The third-order valence-corrected chi connectivity index (χ3v) is 4.32. The molecular formula is C14H23N5O. The molecule has 3 N–H and O–H groups in total. The summed E-state index contributed by atoms with van der Waals surface area (Å²) in [5.41, 5.74) is 7.36. The lowest BCUT2D eigenvalue weighted by Gasteiger charge is -2.49. The average Bonchev–Trinajstić information content (AvgIpc) is 2.41. The van der Waals surface area contributed by atoms with Crippen LogP contribution in [0.3, 0.4) is 0 Å². The lowest BCUT2D eigenvalue weighted by molar-refractivity contribution is 0.0683. The van der Waals surface area contributed by atoms with Crippen LogP contribution in [-0.2, 0) is 0 Å². The smallest absolute Gasteiger partial charge is 0.188 e. The van der Waals surface area contributed by atoms with Crippen molar-refractivity contribution >= 4 is 11.5 Å². The summed E-state index contributed by atoms with van der Waals surface area (Å²) >= 11 is 0. The first-order valence-electron chi connectivity index (χ1n) is 6.81. The van der Waals surface area contributed by atoms with E-state index in [1.807, 2.05) is 12.1 Å². The highest BCUT2D eigenvalue weighted by molar-refractivity contribution is 5.95. The molecule has 2 rings (SSSR count). The quantitative estimate of drug-likeness (QED) is 0.365. The summed E-state index contributed by atoms with van der Waals surface area (Å²) in [6, 6.07) is 3.78. The van der Waals surface area contributed by atoms with Crippen molar-refractivity contribution in [3.8, 4) is 0 Å². The Morgan fingerprint density at radius 2 is 2.15 bits per heavy atom. The van der Waals surface area contributed by atoms with Crippen molar-refractivity contribution in [1.29, 1.82) is 0 Å². The maximum atomic E-state index is 8.73. The van der Waals surface area contributed by atoms with Crippen LogP contribution in [0.15, 0.2) is 23.5 Å². The van der Waals surface area contributed by atoms with Gasteiger partial charge >= 0.3 is 0 Å². The van der Waals surface area contributed by atoms with Gasteiger partial charge in [0.1, 0.15) is 5.69 Å². The zero-order valence-electron chi connectivity index (χ0n) is 12.4. The van der Waals surface area contributed by atoms with Crippen LogP contribution in [0.1, 0.15) is 25.0 Å². The fraction of sp³-hybridized carbons (Fsp3) is 0.571. The van der Waals surface area contributed by atoms with Crippen molar-refractivity contribution in [2.24, 2.45) is 10.9 Å². The molecule has 0 aromatic carbocycles. The third-order valence-electron chi connectivity index (χ3n) is 4.32. The van der Waals surface area contributed by atoms with Gasteiger partial charge in [0.2, 0.25) is 0 Å². The molecule has 1 fully saturated rings. The maximum Gasteiger partial charge on any atom is 0.188 e. The van der Waals surface area contributed by atoms with Gasteiger partial charge in [0.25, 0.3) is 0 Å². The number of rotatable bonds is 5. The molecule has 1 aromatic heterocycles. The van der Waals surface area contributed by atoms with Gasteiger partial charge in [-0.3, -0.25) is 4.98 Å². The number of nitrogens with zero attached hydrogens (tertiary/aromatic N) is 4. The summed E-state index contributed by atoms with van der Waals surface area (Å²) in [6.45, 7) is 0.958. The van der Waals surface area contributed by atoms with Crippen LogP contribution < -0.4 is 10.6 Å². The monoisotopic (exact) mass is 277 g/mol. The lowest BCUT2D eigenvalue weighted by Crippen LogP contribution is -2.56. The van der Waals surface area contributed by atoms with Gasteiger partial charge in [-0.25, -0.2) is 0 Å². The van der Waals surface area contributed by atoms with E-state index in [2.05, 4.69) is 41.1 Å². The topological polar surface area (TPSA) is 78.0 Å². The molecule has 6 nitrogen and oxygen atoms in total. The van der Waals surface area contributed by atoms with E-state index in [0.717, 1.165) is 12.2 Å². The van der Waals surface area contributed by atoms with Gasteiger partial charge in [-0.1, -0.05) is 5.16 Å². The molecule has 110 valence electrons. The Balaban J connectivity index is 2.15. The number of aromatic nitrogens is 1. The van der Waals surface area contributed by atoms with E-state index in [1.165, 1.54) is 19.3 Å². The molecule has 0 saturated heterocycles. The van der Waals surface area contributed by atoms with Gasteiger partial charge < -0.3 is 20.7 Å². The second kappa shape index (κ2) is 5.66. The fourth-order valence-corrected chi connectivity index (χ4v) is 2.71. The number of hydrogen-bond acceptors (Lipinski definition) is 5. The Morgan fingerprint density at radius 1 is 1.45 bits per heavy atom. The van der Waals surface area contributed by atoms with Crippen molar-refractivity contribution in [2.45, 2.75) is 24.8 Å². The van der Waals surface area contributed by atoms with Crippen LogP contribution >= 0.6 is 0 Å². The van der Waals surface area contributed by atoms with Gasteiger partial charge in [0, 0.05) is 31.0 Å². The molecule has 0 unspecified atom stereocenters. The Labute approximate surface area is 119 Å². The predicted octanol–water partition coefficient (Wildman–Crippen LogP) is 1.10. The molecule has 1 saturated carbocycles. The van der Waals surface area contributed by atoms with Crippen LogP contribution in [0.25, 0.3) is 0 Å². The Hall–Kier alpha value is -1.82. The second-order valence-corrected chi connectivity index (χ2v) is 5.71. The molecule has 6 heteroatoms. The van der Waals surface area contributed by atoms with E-state index in [1.54, 1.807) is 6.20 Å². The standard InChI is InChI=1S/C14H23N5O/c1-18(2)14(6-4-7-14)10-19(3)11-5-8-16-12(9-11)13(15)17-20/h5,8-9,20H,4,6-7,10H2,1-3H3,(H2,15,17). The zero-order valence-corrected chi connectivity index (χ0v) is 12.4. The fourth-order valence-electron chi connectivity index (χ4n) is 2.71. The number of oxime groups is 1. The van der Waals surface area contributed by atoms with Gasteiger partial charge in [-0.2, -0.15) is 0 Å². The molecule has 1 heterocycles. The Morgan fingerprint density at radius 3 is 2.65 bits per heavy atom. The van der Waals surface area contributed by atoms with Crippen LogP contribution in [0, 0.1) is 0 Å². The van der Waals surface area contributed by atoms with Crippen molar-refractivity contribution in [3.63, 3.8) is 0 Å². The van der Waals surface area contributed by atoms with Crippen molar-refractivity contribution in [2.75, 3.05) is 32.6 Å². The molecule has 0 spiro atoms. The molecule has 0 radical (unpaired) electrons. The zero-order chi connectivity index (χ0) is 14.8. The van der Waals surface area contributed by atoms with Gasteiger partial charge in [-0.15, -0.1) is 0 Å². The first-order chi connectivity index (χ1) is 9.48. The Kier molecular flexibility index (Phi) is 4.13. The minimum atomic E-state index is 0.0335. The van der Waals surface area contributed by atoms with E-state index in [-0.39, 0.29) is 11.4 Å². The van der Waals surface area contributed by atoms with E-state index < -0.39 is 0 Å². The van der Waals surface area contributed by atoms with Crippen LogP contribution in [-0.4, -0.2) is 54.2 Å². The van der Waals surface area contributed by atoms with Crippen LogP contribution in [0.4, 0.5) is 5.69 Å². The first kappa shape index (κ1) is 14.6. The SMILES string of the molecule is CN(CC1(N(C)C)CCC1)c1ccnc(/C(N)=N/O)c1. The minimum Gasteiger partial charge on any atom is -0.409 e. The van der Waals surface area contributed by atoms with Gasteiger partial charge in [0.05, 0.1) is 0 Å². The van der Waals surface area contributed by atoms with E-state index in [9.17, 15) is 0 Å². The minimum absolute atomic E-state index is 0.0335. The summed E-state index contributed by atoms with van der Waals surface area (Å²) in [4.78, 5) is 8.63. The summed E-state index contributed by atoms with van der Waals surface area (Å²) in [5.74, 6) is 0.0335. The number of amidine groups is 1. The molecule has 20 heavy (non-hydrogen) atoms. The van der Waals surface area contributed by atoms with E-state index in [0.29, 0.717) is 5.69 Å².